The van der Waals surface area contributed by atoms with Crippen molar-refractivity contribution in [1.82, 2.24) is 9.80 Å². The molecule has 4 rings (SSSR count). The first-order valence-corrected chi connectivity index (χ1v) is 11.7. The summed E-state index contributed by atoms with van der Waals surface area (Å²) in [6.07, 6.45) is 2.23. The number of amides is 1. The minimum Gasteiger partial charge on any atom is -0.381 e. The zero-order valence-corrected chi connectivity index (χ0v) is 19.0. The van der Waals surface area contributed by atoms with Gasteiger partial charge in [-0.15, -0.1) is 0 Å². The normalized spacial score (nSPS) is 19.6. The Morgan fingerprint density at radius 1 is 1.00 bits per heavy atom. The summed E-state index contributed by atoms with van der Waals surface area (Å²) >= 11 is 0. The lowest BCUT2D eigenvalue weighted by Gasteiger charge is -2.51. The fraction of sp³-hybridized carbons (Fsp3) is 0.500. The van der Waals surface area contributed by atoms with Crippen LogP contribution in [0.15, 0.2) is 54.6 Å². The molecule has 0 unspecified atom stereocenters. The van der Waals surface area contributed by atoms with Crippen molar-refractivity contribution in [3.63, 3.8) is 0 Å². The molecule has 0 aliphatic carbocycles. The number of hydrogen-bond donors (Lipinski definition) is 0. The van der Waals surface area contributed by atoms with Gasteiger partial charge >= 0.3 is 0 Å². The number of nitrogens with zero attached hydrogens (tertiary/aromatic N) is 3. The molecule has 32 heavy (non-hydrogen) atoms. The van der Waals surface area contributed by atoms with Gasteiger partial charge in [-0.05, 0) is 42.7 Å². The molecule has 0 bridgehead atoms. The van der Waals surface area contributed by atoms with E-state index in [-0.39, 0.29) is 17.3 Å². The minimum atomic E-state index is -0.284. The second-order valence-electron chi connectivity index (χ2n) is 8.90. The minimum absolute atomic E-state index is 0.0742. The van der Waals surface area contributed by atoms with Gasteiger partial charge in [0.25, 0.3) is 0 Å². The van der Waals surface area contributed by atoms with Crippen molar-refractivity contribution in [2.24, 2.45) is 0 Å². The Bertz CT molecular complexity index is 860. The molecule has 2 aromatic rings. The molecule has 0 N–H and O–H groups in total. The fourth-order valence-corrected chi connectivity index (χ4v) is 4.98. The van der Waals surface area contributed by atoms with E-state index in [9.17, 15) is 9.18 Å². The molecule has 172 valence electrons. The van der Waals surface area contributed by atoms with E-state index in [1.54, 1.807) is 12.1 Å². The summed E-state index contributed by atoms with van der Waals surface area (Å²) in [5, 5.41) is 0. The van der Waals surface area contributed by atoms with Crippen molar-refractivity contribution in [3.8, 4) is 0 Å². The van der Waals surface area contributed by atoms with E-state index in [0.717, 1.165) is 51.3 Å². The van der Waals surface area contributed by atoms with Gasteiger partial charge in [0, 0.05) is 70.1 Å². The van der Waals surface area contributed by atoms with Crippen molar-refractivity contribution in [1.29, 1.82) is 0 Å². The Morgan fingerprint density at radius 2 is 1.66 bits per heavy atom. The van der Waals surface area contributed by atoms with Crippen LogP contribution in [0.4, 0.5) is 10.1 Å². The summed E-state index contributed by atoms with van der Waals surface area (Å²) in [6, 6.07) is 16.9. The number of rotatable bonds is 7. The average molecular weight is 440 g/mol. The molecule has 0 saturated carbocycles. The monoisotopic (exact) mass is 439 g/mol. The topological polar surface area (TPSA) is 36.0 Å². The van der Waals surface area contributed by atoms with Crippen LogP contribution in [0.5, 0.6) is 0 Å². The highest BCUT2D eigenvalue weighted by Gasteiger charge is 2.42. The third kappa shape index (κ3) is 5.37. The van der Waals surface area contributed by atoms with E-state index in [4.69, 9.17) is 4.74 Å². The largest absolute Gasteiger partial charge is 0.381 e. The van der Waals surface area contributed by atoms with Crippen LogP contribution in [0.3, 0.4) is 0 Å². The van der Waals surface area contributed by atoms with Crippen molar-refractivity contribution in [2.45, 2.75) is 38.3 Å². The van der Waals surface area contributed by atoms with Gasteiger partial charge in [-0.25, -0.2) is 4.39 Å². The van der Waals surface area contributed by atoms with Gasteiger partial charge in [0.05, 0.1) is 0 Å². The van der Waals surface area contributed by atoms with Gasteiger partial charge in [-0.2, -0.15) is 0 Å². The van der Waals surface area contributed by atoms with E-state index in [0.29, 0.717) is 26.2 Å². The Hall–Kier alpha value is -2.28. The first-order chi connectivity index (χ1) is 15.6. The predicted molar refractivity (Wildman–Crippen MR) is 125 cm³/mol. The van der Waals surface area contributed by atoms with Crippen LogP contribution in [0, 0.1) is 5.82 Å². The lowest BCUT2D eigenvalue weighted by atomic mass is 9.86. The molecule has 2 aliphatic rings. The van der Waals surface area contributed by atoms with Crippen LogP contribution in [-0.2, 0) is 16.1 Å². The highest BCUT2D eigenvalue weighted by molar-refractivity contribution is 5.93. The average Bonchev–Trinajstić information content (AvgIpc) is 2.84. The Labute approximate surface area is 190 Å². The number of carbonyl (C=O) groups excluding carboxylic acids is 1. The summed E-state index contributed by atoms with van der Waals surface area (Å²) in [5.41, 5.74) is 2.00. The molecule has 5 nitrogen and oxygen atoms in total. The zero-order valence-electron chi connectivity index (χ0n) is 19.0. The number of ether oxygens (including phenoxy) is 1. The lowest BCUT2D eigenvalue weighted by Crippen LogP contribution is -2.63. The lowest BCUT2D eigenvalue weighted by molar-refractivity contribution is -0.119. The van der Waals surface area contributed by atoms with Crippen molar-refractivity contribution >= 4 is 11.6 Å². The van der Waals surface area contributed by atoms with Crippen LogP contribution in [0.25, 0.3) is 0 Å². The molecular formula is C26H34FN3O2. The van der Waals surface area contributed by atoms with E-state index in [1.807, 2.05) is 11.8 Å². The first-order valence-electron chi connectivity index (χ1n) is 11.7. The number of halogens is 1. The molecular weight excluding hydrogens is 405 g/mol. The molecule has 2 fully saturated rings. The van der Waals surface area contributed by atoms with E-state index >= 15 is 0 Å². The van der Waals surface area contributed by atoms with Gasteiger partial charge in [0.1, 0.15) is 5.82 Å². The SMILES string of the molecule is CCC(=O)N(CC1(N2CCN(Cc3ccccc3)CC2)CCOCC1)c1ccc(F)cc1. The second kappa shape index (κ2) is 10.6. The quantitative estimate of drug-likeness (QED) is 0.655. The highest BCUT2D eigenvalue weighted by Crippen LogP contribution is 2.32. The number of piperazine rings is 1. The zero-order chi connectivity index (χ0) is 22.4. The van der Waals surface area contributed by atoms with Crippen LogP contribution >= 0.6 is 0 Å². The first kappa shape index (κ1) is 22.9. The van der Waals surface area contributed by atoms with Crippen LogP contribution < -0.4 is 4.90 Å². The molecule has 0 aromatic heterocycles. The predicted octanol–water partition coefficient (Wildman–Crippen LogP) is 3.94. The van der Waals surface area contributed by atoms with Crippen molar-refractivity contribution in [2.75, 3.05) is 50.8 Å². The number of anilines is 1. The molecule has 0 radical (unpaired) electrons. The maximum Gasteiger partial charge on any atom is 0.226 e. The maximum absolute atomic E-state index is 13.5. The summed E-state index contributed by atoms with van der Waals surface area (Å²) in [5.74, 6) is -0.210. The number of hydrogen-bond acceptors (Lipinski definition) is 4. The van der Waals surface area contributed by atoms with Crippen molar-refractivity contribution < 1.29 is 13.9 Å². The molecule has 6 heteroatoms. The van der Waals surface area contributed by atoms with Gasteiger partial charge in [-0.1, -0.05) is 37.3 Å². The summed E-state index contributed by atoms with van der Waals surface area (Å²) in [7, 11) is 0. The second-order valence-corrected chi connectivity index (χ2v) is 8.90. The summed E-state index contributed by atoms with van der Waals surface area (Å²) in [6.45, 7) is 8.87. The molecule has 2 aromatic carbocycles. The molecule has 0 atom stereocenters. The van der Waals surface area contributed by atoms with Crippen LogP contribution in [0.1, 0.15) is 31.7 Å². The summed E-state index contributed by atoms with van der Waals surface area (Å²) < 4.78 is 19.2. The smallest absolute Gasteiger partial charge is 0.226 e. The fourth-order valence-electron chi connectivity index (χ4n) is 4.98. The molecule has 2 heterocycles. The third-order valence-electron chi connectivity index (χ3n) is 6.91. The molecule has 1 amide bonds. The van der Waals surface area contributed by atoms with Crippen LogP contribution in [-0.4, -0.2) is 67.2 Å². The van der Waals surface area contributed by atoms with E-state index in [2.05, 4.69) is 40.1 Å². The Balaban J connectivity index is 1.49. The van der Waals surface area contributed by atoms with E-state index in [1.165, 1.54) is 17.7 Å². The number of benzene rings is 2. The van der Waals surface area contributed by atoms with Crippen LogP contribution in [0.2, 0.25) is 0 Å². The Morgan fingerprint density at radius 3 is 2.28 bits per heavy atom. The molecule has 2 saturated heterocycles. The van der Waals surface area contributed by atoms with Gasteiger partial charge in [0.2, 0.25) is 5.91 Å². The van der Waals surface area contributed by atoms with E-state index < -0.39 is 0 Å². The Kier molecular flexibility index (Phi) is 7.55. The third-order valence-corrected chi connectivity index (χ3v) is 6.91. The standard InChI is InChI=1S/C26H34FN3O2/c1-2-25(31)30(24-10-8-23(27)9-11-24)21-26(12-18-32-19-13-26)29-16-14-28(15-17-29)20-22-6-4-3-5-7-22/h3-11H,2,12-21H2,1H3. The van der Waals surface area contributed by atoms with Crippen molar-refractivity contribution in [3.05, 3.63) is 66.0 Å². The highest BCUT2D eigenvalue weighted by atomic mass is 19.1. The van der Waals surface area contributed by atoms with Gasteiger partial charge in [-0.3, -0.25) is 14.6 Å². The van der Waals surface area contributed by atoms with Gasteiger partial charge in [0.15, 0.2) is 0 Å². The van der Waals surface area contributed by atoms with Gasteiger partial charge < -0.3 is 9.64 Å². The maximum atomic E-state index is 13.5. The molecule has 2 aliphatic heterocycles. The number of carbonyl (C=O) groups is 1. The summed E-state index contributed by atoms with van der Waals surface area (Å²) in [4.78, 5) is 19.9. The molecule has 0 spiro atoms.